The minimum atomic E-state index is -4.58. The van der Waals surface area contributed by atoms with Gasteiger partial charge in [0.15, 0.2) is 0 Å². The summed E-state index contributed by atoms with van der Waals surface area (Å²) in [7, 11) is 0. The predicted octanol–water partition coefficient (Wildman–Crippen LogP) is 3.09. The molecule has 150 valence electrons. The van der Waals surface area contributed by atoms with Crippen molar-refractivity contribution in [2.24, 2.45) is 0 Å². The average molecular weight is 397 g/mol. The third kappa shape index (κ3) is 4.18. The first-order chi connectivity index (χ1) is 13.2. The first-order valence-electron chi connectivity index (χ1n) is 8.78. The number of carbonyl (C=O) groups excluding carboxylic acids is 2. The van der Waals surface area contributed by atoms with Gasteiger partial charge in [-0.1, -0.05) is 0 Å². The van der Waals surface area contributed by atoms with Gasteiger partial charge in [0.05, 0.1) is 0 Å². The van der Waals surface area contributed by atoms with Gasteiger partial charge in [0.2, 0.25) is 11.8 Å². The van der Waals surface area contributed by atoms with Gasteiger partial charge in [-0.05, 0) is 60.7 Å². The maximum Gasteiger partial charge on any atom is 0.431 e. The lowest BCUT2D eigenvalue weighted by molar-refractivity contribution is -0.141. The summed E-state index contributed by atoms with van der Waals surface area (Å²) in [6, 6.07) is 4.48. The number of H-pyrrole nitrogens is 1. The molecule has 0 saturated carbocycles. The van der Waals surface area contributed by atoms with Gasteiger partial charge in [0.25, 0.3) is 0 Å². The Morgan fingerprint density at radius 2 is 1.93 bits per heavy atom. The van der Waals surface area contributed by atoms with Crippen molar-refractivity contribution in [3.8, 4) is 11.3 Å². The normalized spacial score (nSPS) is 16.9. The minimum absolute atomic E-state index is 0.00163. The lowest BCUT2D eigenvalue weighted by Gasteiger charge is -2.11. The van der Waals surface area contributed by atoms with Gasteiger partial charge in [0.1, 0.15) is 17.6 Å². The molecule has 0 aliphatic carbocycles. The quantitative estimate of drug-likeness (QED) is 0.679. The topological polar surface area (TPSA) is 74.0 Å². The van der Waals surface area contributed by atoms with Gasteiger partial charge in [-0.2, -0.15) is 13.2 Å². The van der Waals surface area contributed by atoms with E-state index in [0.717, 1.165) is 12.1 Å². The zero-order valence-corrected chi connectivity index (χ0v) is 15.0. The number of hydrogen-bond donors (Lipinski definition) is 3. The molecule has 0 bridgehead atoms. The molecule has 1 aromatic heterocycles. The van der Waals surface area contributed by atoms with E-state index in [2.05, 4.69) is 15.6 Å². The number of hydrogen-bond acceptors (Lipinski definition) is 2. The fourth-order valence-electron chi connectivity index (χ4n) is 3.33. The van der Waals surface area contributed by atoms with E-state index in [1.165, 1.54) is 19.1 Å². The number of carbonyl (C=O) groups is 2. The number of rotatable bonds is 5. The Hall–Kier alpha value is -2.84. The summed E-state index contributed by atoms with van der Waals surface area (Å²) in [5.74, 6) is -1.18. The smallest absolute Gasteiger partial charge is 0.354 e. The van der Waals surface area contributed by atoms with Crippen LogP contribution in [0.2, 0.25) is 0 Å². The highest BCUT2D eigenvalue weighted by atomic mass is 19.4. The van der Waals surface area contributed by atoms with Crippen LogP contribution in [0.4, 0.5) is 17.6 Å². The van der Waals surface area contributed by atoms with Crippen molar-refractivity contribution in [1.29, 1.82) is 0 Å². The second kappa shape index (κ2) is 7.65. The van der Waals surface area contributed by atoms with E-state index in [1.807, 2.05) is 0 Å². The lowest BCUT2D eigenvalue weighted by atomic mass is 10.00. The maximum atomic E-state index is 13.3. The summed E-state index contributed by atoms with van der Waals surface area (Å²) in [6.45, 7) is 1.81. The highest BCUT2D eigenvalue weighted by Crippen LogP contribution is 2.37. The Kier molecular flexibility index (Phi) is 5.44. The summed E-state index contributed by atoms with van der Waals surface area (Å²) in [5.41, 5.74) is 0.0439. The number of alkyl halides is 3. The molecule has 2 aromatic rings. The monoisotopic (exact) mass is 397 g/mol. The Morgan fingerprint density at radius 1 is 1.25 bits per heavy atom. The van der Waals surface area contributed by atoms with Gasteiger partial charge >= 0.3 is 6.18 Å². The van der Waals surface area contributed by atoms with Gasteiger partial charge < -0.3 is 15.6 Å². The highest BCUT2D eigenvalue weighted by molar-refractivity contribution is 5.89. The molecule has 2 amide bonds. The van der Waals surface area contributed by atoms with E-state index in [0.29, 0.717) is 24.1 Å². The van der Waals surface area contributed by atoms with Crippen LogP contribution in [0.5, 0.6) is 0 Å². The highest BCUT2D eigenvalue weighted by Gasteiger charge is 2.36. The van der Waals surface area contributed by atoms with Gasteiger partial charge in [0, 0.05) is 18.7 Å². The van der Waals surface area contributed by atoms with Crippen LogP contribution in [0.25, 0.3) is 11.3 Å². The lowest BCUT2D eigenvalue weighted by Crippen LogP contribution is -2.40. The standard InChI is InChI=1S/C19H19F4N3O2/c1-10-13(6-7-15(27)25-14-8-9-24-18(14)28)16(26-17(10)19(21,22)23)11-2-4-12(20)5-3-11/h2-5,14,26H,6-9H2,1H3,(H,24,28)(H,25,27). The number of aromatic amines is 1. The van der Waals surface area contributed by atoms with E-state index in [1.54, 1.807) is 0 Å². The third-order valence-corrected chi connectivity index (χ3v) is 4.78. The summed E-state index contributed by atoms with van der Waals surface area (Å²) < 4.78 is 53.1. The molecule has 1 saturated heterocycles. The van der Waals surface area contributed by atoms with E-state index in [9.17, 15) is 27.2 Å². The molecule has 0 radical (unpaired) electrons. The third-order valence-electron chi connectivity index (χ3n) is 4.78. The molecule has 5 nitrogen and oxygen atoms in total. The summed E-state index contributed by atoms with van der Waals surface area (Å²) >= 11 is 0. The van der Waals surface area contributed by atoms with Crippen LogP contribution in [-0.2, 0) is 22.2 Å². The van der Waals surface area contributed by atoms with Crippen molar-refractivity contribution < 1.29 is 27.2 Å². The molecule has 1 atom stereocenters. The van der Waals surface area contributed by atoms with Gasteiger partial charge in [-0.15, -0.1) is 0 Å². The first-order valence-corrected chi connectivity index (χ1v) is 8.78. The van der Waals surface area contributed by atoms with E-state index >= 15 is 0 Å². The molecule has 1 unspecified atom stereocenters. The van der Waals surface area contributed by atoms with Crippen molar-refractivity contribution in [2.45, 2.75) is 38.4 Å². The Balaban J connectivity index is 1.84. The van der Waals surface area contributed by atoms with Crippen LogP contribution in [0.3, 0.4) is 0 Å². The molecular formula is C19H19F4N3O2. The van der Waals surface area contributed by atoms with Crippen LogP contribution in [0.1, 0.15) is 29.7 Å². The molecule has 3 N–H and O–H groups in total. The van der Waals surface area contributed by atoms with E-state index in [-0.39, 0.29) is 30.0 Å². The van der Waals surface area contributed by atoms with E-state index < -0.39 is 29.6 Å². The van der Waals surface area contributed by atoms with Crippen molar-refractivity contribution >= 4 is 11.8 Å². The van der Waals surface area contributed by atoms with Crippen LogP contribution < -0.4 is 10.6 Å². The molecular weight excluding hydrogens is 378 g/mol. The summed E-state index contributed by atoms with van der Waals surface area (Å²) in [4.78, 5) is 26.1. The zero-order chi connectivity index (χ0) is 20.5. The maximum absolute atomic E-state index is 13.3. The molecule has 28 heavy (non-hydrogen) atoms. The van der Waals surface area contributed by atoms with Crippen molar-refractivity contribution in [3.63, 3.8) is 0 Å². The minimum Gasteiger partial charge on any atom is -0.354 e. The van der Waals surface area contributed by atoms with Crippen molar-refractivity contribution in [3.05, 3.63) is 46.9 Å². The molecule has 0 spiro atoms. The molecule has 1 aliphatic heterocycles. The van der Waals surface area contributed by atoms with Crippen LogP contribution in [0.15, 0.2) is 24.3 Å². The molecule has 1 aliphatic rings. The fourth-order valence-corrected chi connectivity index (χ4v) is 3.33. The van der Waals surface area contributed by atoms with Gasteiger partial charge in [-0.25, -0.2) is 4.39 Å². The Morgan fingerprint density at radius 3 is 2.50 bits per heavy atom. The van der Waals surface area contributed by atoms with Crippen LogP contribution >= 0.6 is 0 Å². The number of nitrogens with one attached hydrogen (secondary N) is 3. The average Bonchev–Trinajstić information content (AvgIpc) is 3.17. The molecule has 3 rings (SSSR count). The van der Waals surface area contributed by atoms with Crippen LogP contribution in [-0.4, -0.2) is 29.4 Å². The summed E-state index contributed by atoms with van der Waals surface area (Å²) in [5, 5.41) is 5.19. The molecule has 9 heteroatoms. The second-order valence-electron chi connectivity index (χ2n) is 6.68. The van der Waals surface area contributed by atoms with Gasteiger partial charge in [-0.3, -0.25) is 9.59 Å². The number of amides is 2. The van der Waals surface area contributed by atoms with Crippen molar-refractivity contribution in [1.82, 2.24) is 15.6 Å². The largest absolute Gasteiger partial charge is 0.431 e. The van der Waals surface area contributed by atoms with Crippen LogP contribution in [0, 0.1) is 12.7 Å². The number of aromatic nitrogens is 1. The zero-order valence-electron chi connectivity index (χ0n) is 15.0. The SMILES string of the molecule is Cc1c(C(F)(F)F)[nH]c(-c2ccc(F)cc2)c1CCC(=O)NC1CCNC1=O. The molecule has 1 aromatic carbocycles. The Bertz CT molecular complexity index is 888. The fraction of sp³-hybridized carbons (Fsp3) is 0.368. The molecule has 2 heterocycles. The van der Waals surface area contributed by atoms with Crippen molar-refractivity contribution in [2.75, 3.05) is 6.54 Å². The number of benzene rings is 1. The van der Waals surface area contributed by atoms with E-state index in [4.69, 9.17) is 0 Å². The Labute approximate surface area is 158 Å². The number of halogens is 4. The predicted molar refractivity (Wildman–Crippen MR) is 93.8 cm³/mol. The molecule has 1 fully saturated rings. The first kappa shape index (κ1) is 19.9. The second-order valence-corrected chi connectivity index (χ2v) is 6.68. The summed E-state index contributed by atoms with van der Waals surface area (Å²) in [6.07, 6.45) is -4.13.